The summed E-state index contributed by atoms with van der Waals surface area (Å²) < 4.78 is 12.1. The zero-order chi connectivity index (χ0) is 20.1. The quantitative estimate of drug-likeness (QED) is 0.784. The molecule has 0 N–H and O–H groups in total. The summed E-state index contributed by atoms with van der Waals surface area (Å²) >= 11 is 0. The maximum atomic E-state index is 13.7. The molecule has 6 unspecified atom stereocenters. The van der Waals surface area contributed by atoms with Gasteiger partial charge in [0.2, 0.25) is 0 Å². The molecule has 1 aromatic rings. The summed E-state index contributed by atoms with van der Waals surface area (Å²) in [5, 5.41) is 0. The molecule has 3 heterocycles. The Hall–Kier alpha value is -2.14. The van der Waals surface area contributed by atoms with Crippen molar-refractivity contribution in [1.29, 1.82) is 0 Å². The zero-order valence-electron chi connectivity index (χ0n) is 17.2. The molecule has 0 aromatic heterocycles. The monoisotopic (exact) mass is 395 g/mol. The molecule has 5 heteroatoms. The number of rotatable bonds is 3. The van der Waals surface area contributed by atoms with Crippen molar-refractivity contribution in [1.82, 2.24) is 4.90 Å². The molecule has 1 aromatic carbocycles. The largest absolute Gasteiger partial charge is 0.483 e. The first-order chi connectivity index (χ1) is 14.0. The first-order valence-corrected chi connectivity index (χ1v) is 11.0. The SMILES string of the molecule is CC1CC2OC3=C(C(=O)C2CC1C)C(c1ccccc1)N(CC1CCCO1)C3=O. The summed E-state index contributed by atoms with van der Waals surface area (Å²) in [6.07, 6.45) is 3.50. The van der Waals surface area contributed by atoms with Crippen molar-refractivity contribution < 1.29 is 19.1 Å². The van der Waals surface area contributed by atoms with Crippen LogP contribution in [0.5, 0.6) is 0 Å². The number of nitrogens with zero attached hydrogens (tertiary/aromatic N) is 1. The van der Waals surface area contributed by atoms with Crippen LogP contribution in [-0.2, 0) is 19.1 Å². The fraction of sp³-hybridized carbons (Fsp3) is 0.583. The fourth-order valence-electron chi connectivity index (χ4n) is 5.49. The molecule has 1 saturated carbocycles. The third-order valence-corrected chi connectivity index (χ3v) is 7.35. The lowest BCUT2D eigenvalue weighted by Gasteiger charge is -2.40. The van der Waals surface area contributed by atoms with E-state index >= 15 is 0 Å². The molecule has 4 aliphatic rings. The molecule has 0 bridgehead atoms. The Balaban J connectivity index is 1.53. The van der Waals surface area contributed by atoms with Crippen LogP contribution in [0.25, 0.3) is 0 Å². The number of ether oxygens (including phenoxy) is 2. The summed E-state index contributed by atoms with van der Waals surface area (Å²) in [7, 11) is 0. The van der Waals surface area contributed by atoms with E-state index in [9.17, 15) is 9.59 Å². The molecule has 1 saturated heterocycles. The molecule has 1 aliphatic carbocycles. The van der Waals surface area contributed by atoms with Crippen LogP contribution in [0.4, 0.5) is 0 Å². The van der Waals surface area contributed by atoms with Crippen molar-refractivity contribution in [3.05, 3.63) is 47.2 Å². The summed E-state index contributed by atoms with van der Waals surface area (Å²) in [6.45, 7) is 5.68. The van der Waals surface area contributed by atoms with Gasteiger partial charge in [-0.3, -0.25) is 9.59 Å². The highest BCUT2D eigenvalue weighted by Gasteiger charge is 2.53. The van der Waals surface area contributed by atoms with Crippen LogP contribution in [0.2, 0.25) is 0 Å². The van der Waals surface area contributed by atoms with E-state index in [0.29, 0.717) is 29.7 Å². The number of hydrogen-bond acceptors (Lipinski definition) is 4. The van der Waals surface area contributed by atoms with Gasteiger partial charge in [-0.1, -0.05) is 44.2 Å². The summed E-state index contributed by atoms with van der Waals surface area (Å²) in [5.74, 6) is 1.11. The van der Waals surface area contributed by atoms with Gasteiger partial charge in [-0.05, 0) is 43.1 Å². The molecule has 154 valence electrons. The van der Waals surface area contributed by atoms with E-state index in [1.807, 2.05) is 35.2 Å². The number of amides is 1. The Kier molecular flexibility index (Phi) is 4.73. The van der Waals surface area contributed by atoms with Gasteiger partial charge in [-0.25, -0.2) is 0 Å². The van der Waals surface area contributed by atoms with Gasteiger partial charge >= 0.3 is 0 Å². The molecule has 0 radical (unpaired) electrons. The maximum absolute atomic E-state index is 13.7. The minimum Gasteiger partial charge on any atom is -0.483 e. The highest BCUT2D eigenvalue weighted by atomic mass is 16.5. The molecule has 0 spiro atoms. The Bertz CT molecular complexity index is 842. The van der Waals surface area contributed by atoms with Crippen molar-refractivity contribution in [2.75, 3.05) is 13.2 Å². The fourth-order valence-corrected chi connectivity index (χ4v) is 5.49. The van der Waals surface area contributed by atoms with Crippen LogP contribution in [0.3, 0.4) is 0 Å². The van der Waals surface area contributed by atoms with E-state index in [0.717, 1.165) is 37.9 Å². The Morgan fingerprint density at radius 1 is 1.07 bits per heavy atom. The maximum Gasteiger partial charge on any atom is 0.290 e. The number of ketones is 1. The normalized spacial score (nSPS) is 36.8. The van der Waals surface area contributed by atoms with Crippen LogP contribution >= 0.6 is 0 Å². The topological polar surface area (TPSA) is 55.8 Å². The first-order valence-electron chi connectivity index (χ1n) is 11.0. The highest BCUT2D eigenvalue weighted by molar-refractivity contribution is 6.11. The number of carbonyl (C=O) groups excluding carboxylic acids is 2. The number of carbonyl (C=O) groups is 2. The molecule has 5 rings (SSSR count). The van der Waals surface area contributed by atoms with Crippen LogP contribution < -0.4 is 0 Å². The van der Waals surface area contributed by atoms with Gasteiger partial charge in [0.05, 0.1) is 23.6 Å². The summed E-state index contributed by atoms with van der Waals surface area (Å²) in [5.41, 5.74) is 1.54. The second-order valence-electron chi connectivity index (χ2n) is 9.20. The predicted molar refractivity (Wildman–Crippen MR) is 108 cm³/mol. The number of fused-ring (bicyclic) bond motifs is 1. The molecule has 3 aliphatic heterocycles. The Morgan fingerprint density at radius 3 is 2.55 bits per heavy atom. The van der Waals surface area contributed by atoms with Crippen molar-refractivity contribution >= 4 is 11.7 Å². The molecule has 29 heavy (non-hydrogen) atoms. The van der Waals surface area contributed by atoms with Gasteiger partial charge < -0.3 is 14.4 Å². The van der Waals surface area contributed by atoms with Gasteiger partial charge in [-0.2, -0.15) is 0 Å². The van der Waals surface area contributed by atoms with Crippen molar-refractivity contribution in [2.45, 2.75) is 57.8 Å². The third kappa shape index (κ3) is 3.10. The van der Waals surface area contributed by atoms with Crippen LogP contribution in [0.15, 0.2) is 41.7 Å². The van der Waals surface area contributed by atoms with Gasteiger partial charge in [0.15, 0.2) is 11.5 Å². The number of hydrogen-bond donors (Lipinski definition) is 0. The van der Waals surface area contributed by atoms with Gasteiger partial charge in [0, 0.05) is 13.2 Å². The lowest BCUT2D eigenvalue weighted by Crippen LogP contribution is -2.43. The average molecular weight is 395 g/mol. The molecule has 6 atom stereocenters. The molecule has 2 fully saturated rings. The van der Waals surface area contributed by atoms with E-state index in [1.54, 1.807) is 0 Å². The van der Waals surface area contributed by atoms with Crippen LogP contribution in [0.1, 0.15) is 51.1 Å². The summed E-state index contributed by atoms with van der Waals surface area (Å²) in [6, 6.07) is 9.52. The van der Waals surface area contributed by atoms with Gasteiger partial charge in [0.1, 0.15) is 6.10 Å². The van der Waals surface area contributed by atoms with Crippen molar-refractivity contribution in [2.24, 2.45) is 17.8 Å². The van der Waals surface area contributed by atoms with Crippen LogP contribution in [-0.4, -0.2) is 41.9 Å². The standard InChI is InChI=1S/C24H29NO4/c1-14-11-18-19(12-15(14)2)29-23-20(22(18)26)21(16-7-4-3-5-8-16)25(24(23)27)13-17-9-6-10-28-17/h3-5,7-8,14-15,17-19,21H,6,9-13H2,1-2H3. The lowest BCUT2D eigenvalue weighted by atomic mass is 9.70. The molecule has 5 nitrogen and oxygen atoms in total. The highest BCUT2D eigenvalue weighted by Crippen LogP contribution is 2.48. The molecular weight excluding hydrogens is 366 g/mol. The van der Waals surface area contributed by atoms with Crippen LogP contribution in [0, 0.1) is 17.8 Å². The second kappa shape index (κ2) is 7.28. The van der Waals surface area contributed by atoms with E-state index < -0.39 is 0 Å². The zero-order valence-corrected chi connectivity index (χ0v) is 17.2. The third-order valence-electron chi connectivity index (χ3n) is 7.35. The Labute approximate surface area is 172 Å². The first kappa shape index (κ1) is 18.9. The van der Waals surface area contributed by atoms with E-state index in [1.165, 1.54) is 0 Å². The van der Waals surface area contributed by atoms with E-state index in [4.69, 9.17) is 9.47 Å². The predicted octanol–water partition coefficient (Wildman–Crippen LogP) is 3.65. The average Bonchev–Trinajstić information content (AvgIpc) is 3.32. The minimum absolute atomic E-state index is 0.0314. The lowest BCUT2D eigenvalue weighted by molar-refractivity contribution is -0.138. The number of Topliss-reactive ketones (excluding diaryl/α,β-unsaturated/α-hetero) is 1. The van der Waals surface area contributed by atoms with Gasteiger partial charge in [-0.15, -0.1) is 0 Å². The van der Waals surface area contributed by atoms with Crippen molar-refractivity contribution in [3.63, 3.8) is 0 Å². The summed E-state index contributed by atoms with van der Waals surface area (Å²) in [4.78, 5) is 28.9. The number of benzene rings is 1. The molecular formula is C24H29NO4. The second-order valence-corrected chi connectivity index (χ2v) is 9.20. The Morgan fingerprint density at radius 2 is 1.83 bits per heavy atom. The smallest absolute Gasteiger partial charge is 0.290 e. The van der Waals surface area contributed by atoms with Crippen molar-refractivity contribution in [3.8, 4) is 0 Å². The minimum atomic E-state index is -0.369. The van der Waals surface area contributed by atoms with E-state index in [-0.39, 0.29) is 35.9 Å². The molecule has 1 amide bonds. The van der Waals surface area contributed by atoms with E-state index in [2.05, 4.69) is 13.8 Å². The van der Waals surface area contributed by atoms with Gasteiger partial charge in [0.25, 0.3) is 5.91 Å².